The molecule has 3 rings (SSSR count). The summed E-state index contributed by atoms with van der Waals surface area (Å²) < 4.78 is 2.39. The van der Waals surface area contributed by atoms with Crippen LogP contribution in [0, 0.1) is 7.14 Å². The van der Waals surface area contributed by atoms with Crippen molar-refractivity contribution >= 4 is 68.0 Å². The van der Waals surface area contributed by atoms with Crippen LogP contribution in [0.3, 0.4) is 0 Å². The molecular formula is C21H17I2N3. The molecule has 3 nitrogen and oxygen atoms in total. The number of halogens is 2. The highest BCUT2D eigenvalue weighted by Crippen LogP contribution is 2.18. The molecule has 0 radical (unpaired) electrons. The quantitative estimate of drug-likeness (QED) is 0.261. The lowest BCUT2D eigenvalue weighted by Gasteiger charge is -2.05. The Labute approximate surface area is 181 Å². The first-order valence-corrected chi connectivity index (χ1v) is 10.3. The number of benzene rings is 2. The van der Waals surface area contributed by atoms with Gasteiger partial charge in [-0.05, 0) is 120 Å². The Kier molecular flexibility index (Phi) is 6.53. The van der Waals surface area contributed by atoms with Crippen molar-refractivity contribution in [2.75, 3.05) is 0 Å². The highest BCUT2D eigenvalue weighted by Gasteiger charge is 2.05. The molecule has 0 N–H and O–H groups in total. The molecule has 1 aromatic heterocycles. The van der Waals surface area contributed by atoms with E-state index in [0.29, 0.717) is 0 Å². The lowest BCUT2D eigenvalue weighted by Crippen LogP contribution is -2.04. The average Bonchev–Trinajstić information content (AvgIpc) is 2.65. The first-order valence-electron chi connectivity index (χ1n) is 8.11. The molecule has 0 fully saturated rings. The minimum absolute atomic E-state index is 0.859. The fraction of sp³-hybridized carbons (Fsp3) is 0.0952. The Hall–Kier alpha value is -1.61. The molecule has 5 heteroatoms. The average molecular weight is 565 g/mol. The summed E-state index contributed by atoms with van der Waals surface area (Å²) in [5.41, 5.74) is 5.35. The Morgan fingerprint density at radius 2 is 1.04 bits per heavy atom. The molecule has 0 aliphatic rings. The van der Waals surface area contributed by atoms with Crippen LogP contribution in [-0.2, 0) is 0 Å². The van der Waals surface area contributed by atoms with E-state index in [-0.39, 0.29) is 0 Å². The molecule has 0 bridgehead atoms. The molecule has 0 aliphatic heterocycles. The summed E-state index contributed by atoms with van der Waals surface area (Å²) in [7, 11) is 0. The Balaban J connectivity index is 1.87. The topological polar surface area (TPSA) is 37.6 Å². The Morgan fingerprint density at radius 3 is 1.42 bits per heavy atom. The van der Waals surface area contributed by atoms with Crippen LogP contribution in [0.2, 0.25) is 0 Å². The number of pyridine rings is 1. The van der Waals surface area contributed by atoms with E-state index >= 15 is 0 Å². The Bertz CT molecular complexity index is 883. The van der Waals surface area contributed by atoms with Crippen LogP contribution in [0.1, 0.15) is 25.2 Å². The number of aromatic nitrogens is 1. The van der Waals surface area contributed by atoms with Crippen LogP contribution in [0.15, 0.2) is 76.7 Å². The fourth-order valence-electron chi connectivity index (χ4n) is 2.37. The van der Waals surface area contributed by atoms with Gasteiger partial charge in [-0.3, -0.25) is 9.98 Å². The molecule has 1 heterocycles. The monoisotopic (exact) mass is 565 g/mol. The molecule has 0 saturated carbocycles. The molecule has 0 saturated heterocycles. The van der Waals surface area contributed by atoms with Gasteiger partial charge in [0.05, 0.1) is 34.2 Å². The van der Waals surface area contributed by atoms with Gasteiger partial charge in [-0.25, -0.2) is 4.98 Å². The zero-order valence-electron chi connectivity index (χ0n) is 14.4. The normalized spacial score (nSPS) is 12.3. The molecule has 2 aromatic carbocycles. The maximum Gasteiger partial charge on any atom is 0.0849 e. The predicted molar refractivity (Wildman–Crippen MR) is 126 cm³/mol. The number of aliphatic imine (C=N–C) groups is 2. The molecule has 0 spiro atoms. The summed E-state index contributed by atoms with van der Waals surface area (Å²) >= 11 is 4.58. The van der Waals surface area contributed by atoms with Crippen molar-refractivity contribution in [3.05, 3.63) is 85.3 Å². The van der Waals surface area contributed by atoms with Crippen LogP contribution < -0.4 is 0 Å². The zero-order valence-corrected chi connectivity index (χ0v) is 18.8. The van der Waals surface area contributed by atoms with Gasteiger partial charge >= 0.3 is 0 Å². The van der Waals surface area contributed by atoms with E-state index in [0.717, 1.165) is 34.2 Å². The third kappa shape index (κ3) is 5.20. The summed E-state index contributed by atoms with van der Waals surface area (Å²) in [6.07, 6.45) is 0. The first-order chi connectivity index (χ1) is 12.5. The molecule has 0 unspecified atom stereocenters. The molecule has 0 aliphatic carbocycles. The van der Waals surface area contributed by atoms with Crippen LogP contribution >= 0.6 is 45.2 Å². The van der Waals surface area contributed by atoms with Crippen molar-refractivity contribution in [1.29, 1.82) is 0 Å². The van der Waals surface area contributed by atoms with Crippen molar-refractivity contribution in [3.8, 4) is 0 Å². The highest BCUT2D eigenvalue weighted by atomic mass is 127. The van der Waals surface area contributed by atoms with Gasteiger partial charge in [0.25, 0.3) is 0 Å². The van der Waals surface area contributed by atoms with Crippen molar-refractivity contribution in [2.24, 2.45) is 9.98 Å². The van der Waals surface area contributed by atoms with Crippen molar-refractivity contribution in [1.82, 2.24) is 4.98 Å². The van der Waals surface area contributed by atoms with Crippen LogP contribution in [0.4, 0.5) is 11.4 Å². The maximum absolute atomic E-state index is 4.74. The summed E-state index contributed by atoms with van der Waals surface area (Å²) in [5.74, 6) is 0. The minimum atomic E-state index is 0.859. The van der Waals surface area contributed by atoms with Gasteiger partial charge in [0, 0.05) is 7.14 Å². The predicted octanol–water partition coefficient (Wildman–Crippen LogP) is 6.57. The number of hydrogen-bond acceptors (Lipinski definition) is 3. The van der Waals surface area contributed by atoms with E-state index in [2.05, 4.69) is 55.2 Å². The van der Waals surface area contributed by atoms with E-state index in [1.807, 2.05) is 80.6 Å². The lowest BCUT2D eigenvalue weighted by atomic mass is 10.2. The molecule has 26 heavy (non-hydrogen) atoms. The van der Waals surface area contributed by atoms with Crippen molar-refractivity contribution in [2.45, 2.75) is 13.8 Å². The van der Waals surface area contributed by atoms with Crippen LogP contribution in [-0.4, -0.2) is 16.4 Å². The zero-order chi connectivity index (χ0) is 18.5. The van der Waals surface area contributed by atoms with Crippen LogP contribution in [0.25, 0.3) is 0 Å². The van der Waals surface area contributed by atoms with Gasteiger partial charge in [-0.1, -0.05) is 6.07 Å². The summed E-state index contributed by atoms with van der Waals surface area (Å²) in [4.78, 5) is 14.1. The number of rotatable bonds is 4. The summed E-state index contributed by atoms with van der Waals surface area (Å²) in [5, 5.41) is 0. The molecule has 0 atom stereocenters. The second-order valence-electron chi connectivity index (χ2n) is 5.76. The maximum atomic E-state index is 4.74. The SMILES string of the molecule is CC(=Nc1ccc(I)cc1)c1cccc(C(C)=Nc2ccc(I)cc2)n1. The van der Waals surface area contributed by atoms with Gasteiger partial charge in [-0.15, -0.1) is 0 Å². The van der Waals surface area contributed by atoms with Gasteiger partial charge in [0.1, 0.15) is 0 Å². The standard InChI is InChI=1S/C21H17I2N3/c1-14(24-18-10-6-16(22)7-11-18)20-4-3-5-21(26-20)15(2)25-19-12-8-17(23)9-13-19/h3-13H,1-2H3. The highest BCUT2D eigenvalue weighted by molar-refractivity contribution is 14.1. The van der Waals surface area contributed by atoms with Gasteiger partial charge in [0.15, 0.2) is 0 Å². The van der Waals surface area contributed by atoms with E-state index in [4.69, 9.17) is 4.98 Å². The first kappa shape index (κ1) is 19.2. The second kappa shape index (κ2) is 8.85. The molecular weight excluding hydrogens is 548 g/mol. The van der Waals surface area contributed by atoms with E-state index < -0.39 is 0 Å². The largest absolute Gasteiger partial charge is 0.252 e. The van der Waals surface area contributed by atoms with E-state index in [1.165, 1.54) is 7.14 Å². The summed E-state index contributed by atoms with van der Waals surface area (Å²) in [6.45, 7) is 3.96. The molecule has 0 amide bonds. The van der Waals surface area contributed by atoms with Gasteiger partial charge < -0.3 is 0 Å². The number of nitrogens with zero attached hydrogens (tertiary/aromatic N) is 3. The van der Waals surface area contributed by atoms with E-state index in [1.54, 1.807) is 0 Å². The number of hydrogen-bond donors (Lipinski definition) is 0. The summed E-state index contributed by atoms with van der Waals surface area (Å²) in [6, 6.07) is 22.2. The molecule has 3 aromatic rings. The third-order valence-electron chi connectivity index (χ3n) is 3.74. The minimum Gasteiger partial charge on any atom is -0.252 e. The molecule has 130 valence electrons. The smallest absolute Gasteiger partial charge is 0.0849 e. The van der Waals surface area contributed by atoms with Crippen LogP contribution in [0.5, 0.6) is 0 Å². The van der Waals surface area contributed by atoms with Crippen molar-refractivity contribution in [3.63, 3.8) is 0 Å². The Morgan fingerprint density at radius 1 is 0.654 bits per heavy atom. The lowest BCUT2D eigenvalue weighted by molar-refractivity contribution is 1.24. The third-order valence-corrected chi connectivity index (χ3v) is 5.18. The fourth-order valence-corrected chi connectivity index (χ4v) is 3.09. The van der Waals surface area contributed by atoms with E-state index in [9.17, 15) is 0 Å². The van der Waals surface area contributed by atoms with Gasteiger partial charge in [0.2, 0.25) is 0 Å². The van der Waals surface area contributed by atoms with Gasteiger partial charge in [-0.2, -0.15) is 0 Å². The second-order valence-corrected chi connectivity index (χ2v) is 8.25. The van der Waals surface area contributed by atoms with Crippen molar-refractivity contribution < 1.29 is 0 Å².